The minimum atomic E-state index is 0.203. The molecule has 2 fully saturated rings. The van der Waals surface area contributed by atoms with Gasteiger partial charge in [0.05, 0.1) is 19.5 Å². The van der Waals surface area contributed by atoms with Crippen LogP contribution in [0.2, 0.25) is 0 Å². The Morgan fingerprint density at radius 3 is 2.09 bits per heavy atom. The number of hydrogen-bond donors (Lipinski definition) is 0. The monoisotopic (exact) mass is 438 g/mol. The maximum Gasteiger partial charge on any atom is 0.143 e. The Hall–Kier alpha value is -3.54. The average molecular weight is 438 g/mol. The minimum absolute atomic E-state index is 0.203. The van der Waals surface area contributed by atoms with Crippen molar-refractivity contribution in [3.63, 3.8) is 0 Å². The van der Waals surface area contributed by atoms with Crippen LogP contribution in [0.1, 0.15) is 0 Å². The molecule has 2 aliphatic rings. The molecule has 0 bridgehead atoms. The third-order valence-corrected chi connectivity index (χ3v) is 6.36. The fourth-order valence-electron chi connectivity index (χ4n) is 4.50. The zero-order chi connectivity index (χ0) is 21.8. The summed E-state index contributed by atoms with van der Waals surface area (Å²) in [5.74, 6) is 1.71. The topological polar surface area (TPSA) is 56.7 Å². The molecule has 3 heterocycles. The number of hydrogen-bond acceptors (Lipinski definition) is 5. The fraction of sp³-hybridized carbons (Fsp3) is 0.214. The summed E-state index contributed by atoms with van der Waals surface area (Å²) in [6, 6.07) is 22.8. The van der Waals surface area contributed by atoms with Crippen LogP contribution in [0.15, 0.2) is 77.4 Å². The number of ether oxygens (including phenoxy) is 4. The second-order valence-corrected chi connectivity index (χ2v) is 8.63. The average Bonchev–Trinajstić information content (AvgIpc) is 3.80. The minimum Gasteiger partial charge on any atom is -0.491 e. The van der Waals surface area contributed by atoms with Gasteiger partial charge >= 0.3 is 0 Å². The van der Waals surface area contributed by atoms with Gasteiger partial charge in [0.15, 0.2) is 0 Å². The van der Waals surface area contributed by atoms with Crippen molar-refractivity contribution in [2.24, 2.45) is 0 Å². The Bertz CT molecular complexity index is 1480. The Kier molecular flexibility index (Phi) is 4.32. The molecule has 5 nitrogen and oxygen atoms in total. The van der Waals surface area contributed by atoms with Gasteiger partial charge in [-0.25, -0.2) is 0 Å². The molecule has 0 radical (unpaired) electrons. The Morgan fingerprint density at radius 2 is 1.36 bits per heavy atom. The molecule has 2 atom stereocenters. The maximum absolute atomic E-state index is 6.21. The standard InChI is InChI=1S/C28H22O5/c1-2-5-22-21(4-1)26-23(6-3-7-25(26)32-15-20-14-31-20)28-27(22)24(16-33-28)17-8-10-18(11-9-17)29-12-19-13-30-19/h1-11,16,19-20H,12-15H2. The number of furan rings is 1. The highest BCUT2D eigenvalue weighted by atomic mass is 16.6. The van der Waals surface area contributed by atoms with Crippen molar-refractivity contribution in [3.8, 4) is 22.6 Å². The van der Waals surface area contributed by atoms with E-state index in [1.54, 1.807) is 0 Å². The van der Waals surface area contributed by atoms with Crippen LogP contribution in [-0.4, -0.2) is 38.6 Å². The van der Waals surface area contributed by atoms with Gasteiger partial charge in [-0.05, 0) is 34.5 Å². The quantitative estimate of drug-likeness (QED) is 0.232. The first-order valence-electron chi connectivity index (χ1n) is 11.3. The first-order valence-corrected chi connectivity index (χ1v) is 11.3. The van der Waals surface area contributed by atoms with Crippen LogP contribution in [0.4, 0.5) is 0 Å². The number of benzene rings is 4. The molecule has 0 amide bonds. The van der Waals surface area contributed by atoms with Crippen LogP contribution in [0.5, 0.6) is 11.5 Å². The molecule has 7 rings (SSSR count). The van der Waals surface area contributed by atoms with Crippen molar-refractivity contribution in [1.82, 2.24) is 0 Å². The summed E-state index contributed by atoms with van der Waals surface area (Å²) in [4.78, 5) is 0. The van der Waals surface area contributed by atoms with Crippen LogP contribution in [0, 0.1) is 0 Å². The Morgan fingerprint density at radius 1 is 0.697 bits per heavy atom. The van der Waals surface area contributed by atoms with Gasteiger partial charge < -0.3 is 23.4 Å². The third-order valence-electron chi connectivity index (χ3n) is 6.36. The molecular formula is C28H22O5. The predicted molar refractivity (Wildman–Crippen MR) is 127 cm³/mol. The lowest BCUT2D eigenvalue weighted by molar-refractivity contribution is 0.263. The lowest BCUT2D eigenvalue weighted by Crippen LogP contribution is -2.04. The van der Waals surface area contributed by atoms with Gasteiger partial charge in [-0.2, -0.15) is 0 Å². The second-order valence-electron chi connectivity index (χ2n) is 8.63. The van der Waals surface area contributed by atoms with E-state index in [2.05, 4.69) is 42.5 Å². The summed E-state index contributed by atoms with van der Waals surface area (Å²) in [6.45, 7) is 2.73. The second kappa shape index (κ2) is 7.51. The molecule has 33 heavy (non-hydrogen) atoms. The van der Waals surface area contributed by atoms with Crippen molar-refractivity contribution in [1.29, 1.82) is 0 Å². The first kappa shape index (κ1) is 19.0. The van der Waals surface area contributed by atoms with Crippen LogP contribution >= 0.6 is 0 Å². The molecular weight excluding hydrogens is 416 g/mol. The molecule has 2 unspecified atom stereocenters. The molecule has 2 aliphatic heterocycles. The van der Waals surface area contributed by atoms with Gasteiger partial charge in [0, 0.05) is 21.7 Å². The van der Waals surface area contributed by atoms with Crippen molar-refractivity contribution in [2.75, 3.05) is 26.4 Å². The molecule has 164 valence electrons. The number of rotatable bonds is 7. The maximum atomic E-state index is 6.21. The molecule has 5 aromatic rings. The van der Waals surface area contributed by atoms with Gasteiger partial charge in [0.25, 0.3) is 0 Å². The molecule has 5 heteroatoms. The van der Waals surface area contributed by atoms with E-state index in [0.29, 0.717) is 13.2 Å². The van der Waals surface area contributed by atoms with Gasteiger partial charge in [0.2, 0.25) is 0 Å². The molecule has 1 aromatic heterocycles. The molecule has 0 saturated carbocycles. The van der Waals surface area contributed by atoms with Crippen molar-refractivity contribution < 1.29 is 23.4 Å². The number of epoxide rings is 2. The highest BCUT2D eigenvalue weighted by molar-refractivity contribution is 6.28. The van der Waals surface area contributed by atoms with E-state index >= 15 is 0 Å². The van der Waals surface area contributed by atoms with E-state index in [1.165, 1.54) is 0 Å². The van der Waals surface area contributed by atoms with Crippen molar-refractivity contribution >= 4 is 32.5 Å². The van der Waals surface area contributed by atoms with Crippen LogP contribution in [0.3, 0.4) is 0 Å². The normalized spacial score (nSPS) is 19.3. The molecule has 0 N–H and O–H groups in total. The fourth-order valence-corrected chi connectivity index (χ4v) is 4.50. The largest absolute Gasteiger partial charge is 0.491 e. The van der Waals surface area contributed by atoms with E-state index in [-0.39, 0.29) is 12.2 Å². The smallest absolute Gasteiger partial charge is 0.143 e. The van der Waals surface area contributed by atoms with Crippen LogP contribution in [0.25, 0.3) is 43.6 Å². The van der Waals surface area contributed by atoms with E-state index in [0.717, 1.165) is 68.4 Å². The SMILES string of the molecule is c1ccc2c(c1)c1c(OCC3CO3)cccc1c1occ(-c3ccc(OCC4CO4)cc3)c21. The lowest BCUT2D eigenvalue weighted by Gasteiger charge is -2.13. The molecule has 0 aliphatic carbocycles. The van der Waals surface area contributed by atoms with Gasteiger partial charge in [0.1, 0.15) is 42.5 Å². The molecule has 2 saturated heterocycles. The van der Waals surface area contributed by atoms with Crippen molar-refractivity contribution in [3.05, 3.63) is 73.0 Å². The first-order chi connectivity index (χ1) is 16.3. The van der Waals surface area contributed by atoms with Crippen LogP contribution in [-0.2, 0) is 9.47 Å². The van der Waals surface area contributed by atoms with Crippen molar-refractivity contribution in [2.45, 2.75) is 12.2 Å². The highest BCUT2D eigenvalue weighted by Crippen LogP contribution is 2.44. The van der Waals surface area contributed by atoms with E-state index in [9.17, 15) is 0 Å². The predicted octanol–water partition coefficient (Wildman–Crippen LogP) is 5.96. The highest BCUT2D eigenvalue weighted by Gasteiger charge is 2.25. The van der Waals surface area contributed by atoms with Gasteiger partial charge in [-0.3, -0.25) is 0 Å². The summed E-state index contributed by atoms with van der Waals surface area (Å²) in [6.07, 6.45) is 2.30. The Labute approximate surface area is 190 Å². The zero-order valence-electron chi connectivity index (χ0n) is 18.0. The van der Waals surface area contributed by atoms with Gasteiger partial charge in [-0.1, -0.05) is 48.5 Å². The molecule has 0 spiro atoms. The van der Waals surface area contributed by atoms with Gasteiger partial charge in [-0.15, -0.1) is 0 Å². The third kappa shape index (κ3) is 3.41. The Balaban J connectivity index is 1.38. The van der Waals surface area contributed by atoms with E-state index < -0.39 is 0 Å². The van der Waals surface area contributed by atoms with E-state index in [1.807, 2.05) is 30.5 Å². The summed E-state index contributed by atoms with van der Waals surface area (Å²) in [5.41, 5.74) is 3.03. The summed E-state index contributed by atoms with van der Waals surface area (Å²) >= 11 is 0. The van der Waals surface area contributed by atoms with Crippen LogP contribution < -0.4 is 9.47 Å². The zero-order valence-corrected chi connectivity index (χ0v) is 18.0. The lowest BCUT2D eigenvalue weighted by atomic mass is 9.94. The number of fused-ring (bicyclic) bond motifs is 6. The summed E-state index contributed by atoms with van der Waals surface area (Å²) in [5, 5.41) is 5.54. The van der Waals surface area contributed by atoms with E-state index in [4.69, 9.17) is 23.4 Å². The molecule has 4 aromatic carbocycles. The summed E-state index contributed by atoms with van der Waals surface area (Å²) < 4.78 is 28.7. The summed E-state index contributed by atoms with van der Waals surface area (Å²) in [7, 11) is 0.